The van der Waals surface area contributed by atoms with Crippen molar-refractivity contribution in [3.63, 3.8) is 0 Å². The van der Waals surface area contributed by atoms with Gasteiger partial charge in [0.15, 0.2) is 0 Å². The Bertz CT molecular complexity index is 943. The second-order valence-corrected chi connectivity index (χ2v) is 10.8. The summed E-state index contributed by atoms with van der Waals surface area (Å²) >= 11 is 1.33. The van der Waals surface area contributed by atoms with Gasteiger partial charge in [-0.15, -0.1) is 11.8 Å². The average molecular weight is 484 g/mol. The molecular weight excluding hydrogens is 455 g/mol. The van der Waals surface area contributed by atoms with Crippen LogP contribution in [0.3, 0.4) is 0 Å². The van der Waals surface area contributed by atoms with Crippen molar-refractivity contribution in [2.24, 2.45) is 11.3 Å². The molecule has 1 aromatic rings. The lowest BCUT2D eigenvalue weighted by Gasteiger charge is -2.60. The maximum absolute atomic E-state index is 13.2. The topological polar surface area (TPSA) is 61.9 Å². The number of nitrogens with one attached hydrogen (secondary N) is 1. The van der Waals surface area contributed by atoms with Crippen molar-refractivity contribution >= 4 is 23.7 Å². The van der Waals surface area contributed by atoms with E-state index >= 15 is 0 Å². The van der Waals surface area contributed by atoms with Gasteiger partial charge in [0.1, 0.15) is 6.61 Å². The molecule has 3 aliphatic heterocycles. The van der Waals surface area contributed by atoms with Crippen LogP contribution in [-0.2, 0) is 22.1 Å². The molecule has 0 aromatic heterocycles. The Morgan fingerprint density at radius 1 is 1.24 bits per heavy atom. The number of rotatable bonds is 3. The van der Waals surface area contributed by atoms with E-state index in [4.69, 9.17) is 4.74 Å². The van der Waals surface area contributed by atoms with Crippen LogP contribution in [0.4, 0.5) is 18.0 Å². The third-order valence-corrected chi connectivity index (χ3v) is 8.12. The Morgan fingerprint density at radius 3 is 2.70 bits per heavy atom. The van der Waals surface area contributed by atoms with Gasteiger partial charge in [0, 0.05) is 36.5 Å². The number of carbonyl (C=O) groups excluding carboxylic acids is 2. The van der Waals surface area contributed by atoms with Crippen LogP contribution < -0.4 is 5.32 Å². The minimum absolute atomic E-state index is 0.00448. The van der Waals surface area contributed by atoms with E-state index in [9.17, 15) is 22.8 Å². The maximum Gasteiger partial charge on any atom is 0.416 e. The minimum atomic E-state index is -4.34. The van der Waals surface area contributed by atoms with E-state index in [1.165, 1.54) is 23.9 Å². The van der Waals surface area contributed by atoms with E-state index in [0.29, 0.717) is 49.8 Å². The van der Waals surface area contributed by atoms with Gasteiger partial charge in [0.25, 0.3) is 0 Å². The van der Waals surface area contributed by atoms with Crippen LogP contribution in [0.25, 0.3) is 0 Å². The monoisotopic (exact) mass is 483 g/mol. The summed E-state index contributed by atoms with van der Waals surface area (Å²) in [5.74, 6) is 0.213. The number of urea groups is 1. The van der Waals surface area contributed by atoms with Gasteiger partial charge in [0.2, 0.25) is 5.91 Å². The molecule has 0 bridgehead atoms. The molecule has 0 unspecified atom stereocenters. The van der Waals surface area contributed by atoms with Crippen LogP contribution in [0.2, 0.25) is 0 Å². The second kappa shape index (κ2) is 8.37. The van der Waals surface area contributed by atoms with Gasteiger partial charge in [-0.25, -0.2) is 4.79 Å². The molecule has 33 heavy (non-hydrogen) atoms. The molecule has 3 heterocycles. The van der Waals surface area contributed by atoms with Gasteiger partial charge in [-0.2, -0.15) is 13.2 Å². The summed E-state index contributed by atoms with van der Waals surface area (Å²) in [5, 5.41) is 2.92. The van der Waals surface area contributed by atoms with E-state index in [1.807, 2.05) is 11.0 Å². The number of alkyl halides is 3. The molecule has 5 rings (SSSR count). The van der Waals surface area contributed by atoms with Crippen molar-refractivity contribution in [3.8, 4) is 0 Å². The van der Waals surface area contributed by atoms with E-state index in [2.05, 4.69) is 5.32 Å². The molecule has 0 radical (unpaired) electrons. The molecule has 4 fully saturated rings. The number of piperidine rings is 1. The summed E-state index contributed by atoms with van der Waals surface area (Å²) in [6.45, 7) is 2.58. The first-order valence-electron chi connectivity index (χ1n) is 11.3. The van der Waals surface area contributed by atoms with Crippen molar-refractivity contribution in [1.82, 2.24) is 15.1 Å². The van der Waals surface area contributed by atoms with E-state index in [1.54, 1.807) is 11.2 Å². The van der Waals surface area contributed by atoms with Crippen LogP contribution >= 0.6 is 11.8 Å². The predicted molar refractivity (Wildman–Crippen MR) is 117 cm³/mol. The fourth-order valence-corrected chi connectivity index (χ4v) is 6.45. The molecule has 6 nitrogen and oxygen atoms in total. The number of amides is 3. The first kappa shape index (κ1) is 22.8. The van der Waals surface area contributed by atoms with Crippen molar-refractivity contribution in [3.05, 3.63) is 29.3 Å². The van der Waals surface area contributed by atoms with Gasteiger partial charge in [-0.05, 0) is 61.6 Å². The van der Waals surface area contributed by atoms with Gasteiger partial charge in [-0.3, -0.25) is 4.79 Å². The molecule has 1 spiro atoms. The zero-order chi connectivity index (χ0) is 23.4. The smallest absolute Gasteiger partial charge is 0.366 e. The Kier molecular flexibility index (Phi) is 5.79. The quantitative estimate of drug-likeness (QED) is 0.670. The zero-order valence-corrected chi connectivity index (χ0v) is 19.3. The van der Waals surface area contributed by atoms with Gasteiger partial charge < -0.3 is 19.9 Å². The number of benzene rings is 1. The van der Waals surface area contributed by atoms with Crippen molar-refractivity contribution in [1.29, 1.82) is 0 Å². The standard InChI is InChI=1S/C23H28F3N3O3S/c1-33-17-6-14(5-16(7-17)23(24,25)26)4-15-8-22(9-15)12-29(13-22)21(31)28-3-2-19-18(10-28)27-20(30)11-32-19/h5-7,15,18-19H,2-4,8-13H2,1H3,(H,27,30)/t18-,19+/m1/s1. The molecule has 1 N–H and O–H groups in total. The number of ether oxygens (including phenoxy) is 1. The second-order valence-electron chi connectivity index (χ2n) is 9.94. The molecule has 1 saturated carbocycles. The normalized spacial score (nSPS) is 27.0. The number of hydrogen-bond acceptors (Lipinski definition) is 4. The van der Waals surface area contributed by atoms with Crippen LogP contribution in [0.15, 0.2) is 23.1 Å². The van der Waals surface area contributed by atoms with Gasteiger partial charge in [0.05, 0.1) is 17.7 Å². The fourth-order valence-electron chi connectivity index (χ4n) is 5.93. The Balaban J connectivity index is 1.12. The maximum atomic E-state index is 13.2. The lowest BCUT2D eigenvalue weighted by Crippen LogP contribution is -2.68. The summed E-state index contributed by atoms with van der Waals surface area (Å²) in [6, 6.07) is 4.20. The number of nitrogens with zero attached hydrogens (tertiary/aromatic N) is 2. The van der Waals surface area contributed by atoms with Gasteiger partial charge in [-0.1, -0.05) is 0 Å². The highest BCUT2D eigenvalue weighted by atomic mass is 32.2. The summed E-state index contributed by atoms with van der Waals surface area (Å²) in [7, 11) is 0. The lowest BCUT2D eigenvalue weighted by molar-refractivity contribution is -0.140. The van der Waals surface area contributed by atoms with Crippen LogP contribution in [0.1, 0.15) is 30.4 Å². The van der Waals surface area contributed by atoms with Crippen LogP contribution in [0.5, 0.6) is 0 Å². The lowest BCUT2D eigenvalue weighted by atomic mass is 9.56. The summed E-state index contributed by atoms with van der Waals surface area (Å²) in [5.41, 5.74) is 0.271. The number of halogens is 3. The Labute approximate surface area is 195 Å². The van der Waals surface area contributed by atoms with Crippen molar-refractivity contribution in [2.75, 3.05) is 39.0 Å². The summed E-state index contributed by atoms with van der Waals surface area (Å²) < 4.78 is 45.2. The number of morpholine rings is 1. The first-order chi connectivity index (χ1) is 15.6. The molecule has 3 amide bonds. The predicted octanol–water partition coefficient (Wildman–Crippen LogP) is 3.39. The molecule has 3 saturated heterocycles. The SMILES string of the molecule is CSc1cc(CC2CC3(C2)CN(C(=O)N2CC[C@@H]4OCC(=O)N[C@@H]4C2)C3)cc(C(F)(F)F)c1. The Hall–Kier alpha value is -1.94. The van der Waals surface area contributed by atoms with Crippen LogP contribution in [-0.4, -0.2) is 72.9 Å². The van der Waals surface area contributed by atoms with E-state index < -0.39 is 11.7 Å². The molecule has 10 heteroatoms. The molecule has 1 aliphatic carbocycles. The number of likely N-dealkylation sites (tertiary alicyclic amines) is 2. The summed E-state index contributed by atoms with van der Waals surface area (Å²) in [4.78, 5) is 28.8. The minimum Gasteiger partial charge on any atom is -0.366 e. The highest BCUT2D eigenvalue weighted by Gasteiger charge is 2.54. The largest absolute Gasteiger partial charge is 0.416 e. The average Bonchev–Trinajstić information content (AvgIpc) is 2.72. The Morgan fingerprint density at radius 2 is 2.00 bits per heavy atom. The van der Waals surface area contributed by atoms with Crippen molar-refractivity contribution < 1.29 is 27.5 Å². The fraction of sp³-hybridized carbons (Fsp3) is 0.652. The third kappa shape index (κ3) is 4.56. The number of thioether (sulfide) groups is 1. The first-order valence-corrected chi connectivity index (χ1v) is 12.6. The third-order valence-electron chi connectivity index (χ3n) is 7.41. The highest BCUT2D eigenvalue weighted by molar-refractivity contribution is 7.98. The number of carbonyl (C=O) groups is 2. The molecule has 1 aromatic carbocycles. The number of hydrogen-bond donors (Lipinski definition) is 1. The van der Waals surface area contributed by atoms with E-state index in [-0.39, 0.29) is 36.1 Å². The highest BCUT2D eigenvalue weighted by Crippen LogP contribution is 2.53. The molecule has 2 atom stereocenters. The van der Waals surface area contributed by atoms with Crippen LogP contribution in [0, 0.1) is 11.3 Å². The van der Waals surface area contributed by atoms with Gasteiger partial charge >= 0.3 is 12.2 Å². The number of fused-ring (bicyclic) bond motifs is 1. The van der Waals surface area contributed by atoms with Crippen molar-refractivity contribution in [2.45, 2.75) is 48.9 Å². The molecule has 180 valence electrons. The summed E-state index contributed by atoms with van der Waals surface area (Å²) in [6.07, 6.45) is 0.664. The zero-order valence-electron chi connectivity index (χ0n) is 18.5. The molecular formula is C23H28F3N3O3S. The molecule has 4 aliphatic rings. The van der Waals surface area contributed by atoms with E-state index in [0.717, 1.165) is 18.4 Å².